The quantitative estimate of drug-likeness (QED) is 0.365. The Morgan fingerprint density at radius 2 is 1.95 bits per heavy atom. The van der Waals surface area contributed by atoms with Crippen molar-refractivity contribution in [2.45, 2.75) is 52.8 Å². The van der Waals surface area contributed by atoms with Crippen LogP contribution in [0.15, 0.2) is 80.5 Å². The molecule has 39 heavy (non-hydrogen) atoms. The molecule has 206 valence electrons. The fraction of sp³-hybridized carbons (Fsp3) is 0.296. The van der Waals surface area contributed by atoms with Gasteiger partial charge in [0.15, 0.2) is 0 Å². The average molecular weight is 556 g/mol. The number of carboxylic acid groups (broad SMARTS) is 1. The van der Waals surface area contributed by atoms with E-state index in [0.717, 1.165) is 10.1 Å². The molecule has 0 fully saturated rings. The van der Waals surface area contributed by atoms with Gasteiger partial charge in [-0.3, -0.25) is 4.57 Å². The highest BCUT2D eigenvalue weighted by molar-refractivity contribution is 6.30. The van der Waals surface area contributed by atoms with Crippen LogP contribution in [0.4, 0.5) is 5.95 Å². The maximum atomic E-state index is 13.2. The van der Waals surface area contributed by atoms with Gasteiger partial charge >= 0.3 is 17.3 Å². The highest BCUT2D eigenvalue weighted by Gasteiger charge is 2.16. The largest absolute Gasteiger partial charge is 0.475 e. The zero-order valence-electron chi connectivity index (χ0n) is 21.8. The summed E-state index contributed by atoms with van der Waals surface area (Å²) in [5.74, 6) is -1.47. The minimum atomic E-state index is -1.25. The number of nitrogens with zero attached hydrogens (tertiary/aromatic N) is 4. The summed E-state index contributed by atoms with van der Waals surface area (Å²) in [7, 11) is 0. The minimum Gasteiger partial charge on any atom is -0.475 e. The molecule has 0 spiro atoms. The Hall–Kier alpha value is -4.38. The van der Waals surface area contributed by atoms with Crippen molar-refractivity contribution < 1.29 is 19.2 Å². The van der Waals surface area contributed by atoms with E-state index < -0.39 is 23.5 Å². The Morgan fingerprint density at radius 1 is 1.21 bits per heavy atom. The van der Waals surface area contributed by atoms with Crippen LogP contribution in [-0.2, 0) is 13.1 Å². The van der Waals surface area contributed by atoms with Crippen molar-refractivity contribution in [3.05, 3.63) is 104 Å². The third kappa shape index (κ3) is 7.81. The lowest BCUT2D eigenvalue weighted by Crippen LogP contribution is -2.42. The summed E-state index contributed by atoms with van der Waals surface area (Å²) in [6.45, 7) is 6.30. The molecule has 0 bridgehead atoms. The summed E-state index contributed by atoms with van der Waals surface area (Å²) < 4.78 is 12.9. The first-order valence-electron chi connectivity index (χ1n) is 12.5. The van der Waals surface area contributed by atoms with Crippen LogP contribution >= 0.6 is 11.6 Å². The molecule has 2 aromatic heterocycles. The van der Waals surface area contributed by atoms with Gasteiger partial charge in [0, 0.05) is 17.3 Å². The normalized spacial score (nSPS) is 16.6. The summed E-state index contributed by atoms with van der Waals surface area (Å²) in [5, 5.41) is 16.2. The van der Waals surface area contributed by atoms with Crippen LogP contribution in [0, 0.1) is 0 Å². The number of benzene rings is 1. The van der Waals surface area contributed by atoms with Gasteiger partial charge in [-0.2, -0.15) is 4.98 Å². The monoisotopic (exact) mass is 555 g/mol. The molecule has 1 unspecified atom stereocenters. The van der Waals surface area contributed by atoms with E-state index >= 15 is 0 Å². The van der Waals surface area contributed by atoms with Gasteiger partial charge in [0.1, 0.15) is 6.10 Å². The molecule has 1 atom stereocenters. The number of hydrogen-bond acceptors (Lipinski definition) is 8. The van der Waals surface area contributed by atoms with E-state index in [1.165, 1.54) is 10.6 Å². The molecule has 3 aromatic rings. The Kier molecular flexibility index (Phi) is 10.4. The molecule has 1 aliphatic rings. The first-order chi connectivity index (χ1) is 18.8. The lowest BCUT2D eigenvalue weighted by Gasteiger charge is -2.17. The van der Waals surface area contributed by atoms with E-state index in [4.69, 9.17) is 26.0 Å². The molecule has 0 radical (unpaired) electrons. The molecule has 4 rings (SSSR count). The molecule has 2 heterocycles. The van der Waals surface area contributed by atoms with Crippen LogP contribution in [0.25, 0.3) is 0 Å². The fourth-order valence-corrected chi connectivity index (χ4v) is 3.67. The number of rotatable bonds is 9. The van der Waals surface area contributed by atoms with Gasteiger partial charge in [-0.05, 0) is 53.9 Å². The number of nitrogens with one attached hydrogen (secondary N) is 1. The smallest absolute Gasteiger partial charge is 0.374 e. The number of allylic oxidation sites excluding steroid dienone is 3. The number of aromatic carboxylic acids is 1. The second-order valence-electron chi connectivity index (χ2n) is 8.09. The van der Waals surface area contributed by atoms with E-state index in [-0.39, 0.29) is 30.7 Å². The second kappa shape index (κ2) is 14.0. The number of ether oxygens (including phenoxy) is 1. The summed E-state index contributed by atoms with van der Waals surface area (Å²) in [6.07, 6.45) is 9.44. The van der Waals surface area contributed by atoms with E-state index in [2.05, 4.69) is 15.5 Å². The Balaban J connectivity index is 0.00000205. The standard InChI is InChI=1S/C25H24ClN5O6.C2H6/c1-2-13-30-24(34)28-23(31(25(30)35)15-16-7-9-17(26)10-8-16)27-18-5-3-4-6-19(12-11-18)36-21-14-20(22(32)33)37-29-21;1-2/h4-12,14,19H,2-3,13,15H2,1H3,(H,32,33)(H,27,28,34);1-2H3/b6-4?,12-11-,18-5+;. The Morgan fingerprint density at radius 3 is 2.62 bits per heavy atom. The predicted octanol–water partition coefficient (Wildman–Crippen LogP) is 4.49. The molecule has 1 aromatic carbocycles. The minimum absolute atomic E-state index is 0.0220. The number of carbonyl (C=O) groups is 1. The van der Waals surface area contributed by atoms with E-state index in [1.54, 1.807) is 42.5 Å². The zero-order chi connectivity index (χ0) is 28.4. The number of anilines is 1. The van der Waals surface area contributed by atoms with Crippen LogP contribution in [0.5, 0.6) is 5.88 Å². The maximum absolute atomic E-state index is 13.2. The maximum Gasteiger partial charge on any atom is 0.374 e. The Labute approximate surface area is 229 Å². The van der Waals surface area contributed by atoms with Gasteiger partial charge < -0.3 is 19.7 Å². The molecule has 0 aliphatic heterocycles. The van der Waals surface area contributed by atoms with Crippen LogP contribution in [0.1, 0.15) is 49.7 Å². The summed E-state index contributed by atoms with van der Waals surface area (Å²) in [5.41, 5.74) is 0.272. The number of hydrogen-bond donors (Lipinski definition) is 2. The molecule has 0 saturated heterocycles. The molecular weight excluding hydrogens is 526 g/mol. The van der Waals surface area contributed by atoms with Crippen molar-refractivity contribution >= 4 is 23.5 Å². The summed E-state index contributed by atoms with van der Waals surface area (Å²) >= 11 is 6.00. The third-order valence-electron chi connectivity index (χ3n) is 5.33. The van der Waals surface area contributed by atoms with Crippen molar-refractivity contribution in [2.24, 2.45) is 0 Å². The summed E-state index contributed by atoms with van der Waals surface area (Å²) in [4.78, 5) is 41.0. The average Bonchev–Trinajstić information content (AvgIpc) is 3.39. The third-order valence-corrected chi connectivity index (χ3v) is 5.58. The summed E-state index contributed by atoms with van der Waals surface area (Å²) in [6, 6.07) is 8.24. The van der Waals surface area contributed by atoms with E-state index in [1.807, 2.05) is 32.9 Å². The molecule has 11 nitrogen and oxygen atoms in total. The van der Waals surface area contributed by atoms with Crippen molar-refractivity contribution in [2.75, 3.05) is 5.32 Å². The van der Waals surface area contributed by atoms with Crippen LogP contribution in [0.2, 0.25) is 5.02 Å². The van der Waals surface area contributed by atoms with Gasteiger partial charge in [-0.15, -0.1) is 0 Å². The van der Waals surface area contributed by atoms with Gasteiger partial charge in [0.05, 0.1) is 12.6 Å². The van der Waals surface area contributed by atoms with Gasteiger partial charge in [-0.25, -0.2) is 19.0 Å². The zero-order valence-corrected chi connectivity index (χ0v) is 22.6. The first kappa shape index (κ1) is 29.2. The highest BCUT2D eigenvalue weighted by atomic mass is 35.5. The molecular formula is C27H30ClN5O6. The van der Waals surface area contributed by atoms with E-state index in [0.29, 0.717) is 23.6 Å². The lowest BCUT2D eigenvalue weighted by atomic mass is 10.2. The number of aromatic nitrogens is 4. The molecule has 1 aliphatic carbocycles. The first-order valence-corrected chi connectivity index (χ1v) is 12.9. The fourth-order valence-electron chi connectivity index (χ4n) is 3.55. The molecule has 2 N–H and O–H groups in total. The number of halogens is 1. The molecule has 0 saturated carbocycles. The van der Waals surface area contributed by atoms with Gasteiger partial charge in [0.25, 0.3) is 5.88 Å². The molecule has 12 heteroatoms. The SMILES string of the molecule is CC.CCCn1c(=O)nc(NC2=C/CC=CC(Oc3cc(C(=O)O)on3)/C=C\2)n(Cc2ccc(Cl)cc2)c1=O. The predicted molar refractivity (Wildman–Crippen MR) is 147 cm³/mol. The van der Waals surface area contributed by atoms with Crippen LogP contribution in [0.3, 0.4) is 0 Å². The van der Waals surface area contributed by atoms with Crippen LogP contribution in [-0.4, -0.2) is 36.5 Å². The van der Waals surface area contributed by atoms with E-state index in [9.17, 15) is 14.4 Å². The second-order valence-corrected chi connectivity index (χ2v) is 8.53. The van der Waals surface area contributed by atoms with Crippen molar-refractivity contribution in [1.82, 2.24) is 19.3 Å². The Bertz CT molecular complexity index is 1480. The lowest BCUT2D eigenvalue weighted by molar-refractivity contribution is 0.0651. The van der Waals surface area contributed by atoms with Gasteiger partial charge in [-0.1, -0.05) is 56.7 Å². The van der Waals surface area contributed by atoms with Crippen molar-refractivity contribution in [1.29, 1.82) is 0 Å². The van der Waals surface area contributed by atoms with Crippen molar-refractivity contribution in [3.8, 4) is 5.88 Å². The van der Waals surface area contributed by atoms with Crippen molar-refractivity contribution in [3.63, 3.8) is 0 Å². The van der Waals surface area contributed by atoms with Gasteiger partial charge in [0.2, 0.25) is 11.7 Å². The molecule has 0 amide bonds. The highest BCUT2D eigenvalue weighted by Crippen LogP contribution is 2.17. The van der Waals surface area contributed by atoms with Crippen LogP contribution < -0.4 is 21.4 Å². The number of carboxylic acids is 1. The topological polar surface area (TPSA) is 141 Å².